The summed E-state index contributed by atoms with van der Waals surface area (Å²) in [6.45, 7) is 5.09. The second-order valence-corrected chi connectivity index (χ2v) is 10.2. The third-order valence-electron chi connectivity index (χ3n) is 6.76. The van der Waals surface area contributed by atoms with E-state index in [0.29, 0.717) is 29.5 Å². The van der Waals surface area contributed by atoms with E-state index in [4.69, 9.17) is 23.9 Å². The van der Waals surface area contributed by atoms with Gasteiger partial charge in [0.25, 0.3) is 5.91 Å². The monoisotopic (exact) mass is 516 g/mol. The second-order valence-electron chi connectivity index (χ2n) is 9.15. The van der Waals surface area contributed by atoms with Gasteiger partial charge in [0.05, 0.1) is 10.2 Å². The summed E-state index contributed by atoms with van der Waals surface area (Å²) >= 11 is 1.63. The van der Waals surface area contributed by atoms with Gasteiger partial charge in [0.15, 0.2) is 28.1 Å². The number of amides is 1. The van der Waals surface area contributed by atoms with Crippen LogP contribution in [0.4, 0.5) is 10.8 Å². The van der Waals surface area contributed by atoms with Crippen molar-refractivity contribution in [2.75, 3.05) is 50.0 Å². The van der Waals surface area contributed by atoms with Crippen molar-refractivity contribution in [1.82, 2.24) is 9.88 Å². The molecule has 37 heavy (non-hydrogen) atoms. The zero-order valence-corrected chi connectivity index (χ0v) is 20.8. The Labute approximate surface area is 217 Å². The molecular weight excluding hydrogens is 492 g/mol. The molecule has 3 aliphatic heterocycles. The molecule has 1 aromatic heterocycles. The summed E-state index contributed by atoms with van der Waals surface area (Å²) in [6.07, 6.45) is 0. The molecule has 10 heteroatoms. The number of carbonyl (C=O) groups excluding carboxylic acids is 1. The highest BCUT2D eigenvalue weighted by Crippen LogP contribution is 2.35. The molecule has 0 bridgehead atoms. The minimum atomic E-state index is -0.173. The zero-order chi connectivity index (χ0) is 24.8. The van der Waals surface area contributed by atoms with E-state index in [-0.39, 0.29) is 12.7 Å². The first-order chi connectivity index (χ1) is 18.2. The molecular formula is C27H24N4O5S. The summed E-state index contributed by atoms with van der Waals surface area (Å²) in [4.78, 5) is 22.5. The molecule has 9 nitrogen and oxygen atoms in total. The fraction of sp³-hybridized carbons (Fsp3) is 0.259. The van der Waals surface area contributed by atoms with Crippen molar-refractivity contribution in [2.45, 2.75) is 6.54 Å². The van der Waals surface area contributed by atoms with Crippen LogP contribution in [0.25, 0.3) is 10.2 Å². The van der Waals surface area contributed by atoms with Crippen LogP contribution in [-0.2, 0) is 6.54 Å². The number of anilines is 2. The molecule has 0 radical (unpaired) electrons. The molecule has 0 aliphatic carbocycles. The number of nitrogens with one attached hydrogen (secondary N) is 1. The number of thiazole rings is 1. The topological polar surface area (TPSA) is 85.4 Å². The molecule has 1 fully saturated rings. The molecule has 0 saturated carbocycles. The van der Waals surface area contributed by atoms with Gasteiger partial charge in [-0.1, -0.05) is 17.4 Å². The van der Waals surface area contributed by atoms with Crippen LogP contribution in [0.1, 0.15) is 15.9 Å². The zero-order valence-electron chi connectivity index (χ0n) is 19.9. The molecule has 1 N–H and O–H groups in total. The number of piperazine rings is 1. The van der Waals surface area contributed by atoms with Crippen molar-refractivity contribution in [3.05, 3.63) is 65.7 Å². The number of rotatable bonds is 5. The lowest BCUT2D eigenvalue weighted by molar-refractivity contribution is 0.102. The molecule has 3 aromatic carbocycles. The summed E-state index contributed by atoms with van der Waals surface area (Å²) in [5, 5.41) is 3.93. The average molecular weight is 517 g/mol. The number of fused-ring (bicyclic) bond motifs is 3. The number of nitrogens with zero attached hydrogens (tertiary/aromatic N) is 3. The van der Waals surface area contributed by atoms with E-state index in [0.717, 1.165) is 59.6 Å². The van der Waals surface area contributed by atoms with E-state index >= 15 is 0 Å². The van der Waals surface area contributed by atoms with Gasteiger partial charge in [-0.2, -0.15) is 0 Å². The Balaban J connectivity index is 0.996. The quantitative estimate of drug-likeness (QED) is 0.420. The molecule has 4 aromatic rings. The van der Waals surface area contributed by atoms with Gasteiger partial charge in [-0.05, 0) is 48.0 Å². The van der Waals surface area contributed by atoms with E-state index in [2.05, 4.69) is 27.2 Å². The van der Waals surface area contributed by atoms with Gasteiger partial charge in [-0.15, -0.1) is 0 Å². The normalized spacial score (nSPS) is 16.4. The summed E-state index contributed by atoms with van der Waals surface area (Å²) < 4.78 is 22.7. The van der Waals surface area contributed by atoms with Gasteiger partial charge in [0, 0.05) is 50.0 Å². The highest BCUT2D eigenvalue weighted by Gasteiger charge is 2.22. The smallest absolute Gasteiger partial charge is 0.255 e. The minimum absolute atomic E-state index is 0.173. The van der Waals surface area contributed by atoms with Crippen LogP contribution < -0.4 is 29.2 Å². The maximum absolute atomic E-state index is 12.9. The van der Waals surface area contributed by atoms with Gasteiger partial charge >= 0.3 is 0 Å². The SMILES string of the molecule is O=C(Nc1ccc2c(c1)OCO2)c1ccc2nc(N3CCN(Cc4ccc5c(c4)OCO5)CC3)sc2c1. The molecule has 4 heterocycles. The van der Waals surface area contributed by atoms with Crippen LogP contribution in [0, 0.1) is 0 Å². The molecule has 188 valence electrons. The second kappa shape index (κ2) is 9.13. The molecule has 7 rings (SSSR count). The van der Waals surface area contributed by atoms with Crippen molar-refractivity contribution in [3.8, 4) is 23.0 Å². The Kier molecular flexibility index (Phi) is 5.48. The third kappa shape index (κ3) is 4.38. The van der Waals surface area contributed by atoms with E-state index < -0.39 is 0 Å². The number of hydrogen-bond donors (Lipinski definition) is 1. The fourth-order valence-electron chi connectivity index (χ4n) is 4.76. The molecule has 1 amide bonds. The summed E-state index contributed by atoms with van der Waals surface area (Å²) in [7, 11) is 0. The van der Waals surface area contributed by atoms with Crippen LogP contribution in [-0.4, -0.2) is 55.6 Å². The van der Waals surface area contributed by atoms with E-state index in [1.807, 2.05) is 24.3 Å². The number of aromatic nitrogens is 1. The van der Waals surface area contributed by atoms with E-state index in [1.54, 1.807) is 29.5 Å². The summed E-state index contributed by atoms with van der Waals surface area (Å²) in [6, 6.07) is 17.2. The van der Waals surface area contributed by atoms with Crippen molar-refractivity contribution in [1.29, 1.82) is 0 Å². The lowest BCUT2D eigenvalue weighted by Crippen LogP contribution is -2.45. The molecule has 3 aliphatic rings. The van der Waals surface area contributed by atoms with Gasteiger partial charge in [-0.3, -0.25) is 9.69 Å². The molecule has 0 spiro atoms. The largest absolute Gasteiger partial charge is 0.454 e. The summed E-state index contributed by atoms with van der Waals surface area (Å²) in [5.74, 6) is 2.79. The first kappa shape index (κ1) is 22.2. The van der Waals surface area contributed by atoms with Crippen molar-refractivity contribution < 1.29 is 23.7 Å². The van der Waals surface area contributed by atoms with Crippen molar-refractivity contribution in [3.63, 3.8) is 0 Å². The minimum Gasteiger partial charge on any atom is -0.454 e. The van der Waals surface area contributed by atoms with E-state index in [9.17, 15) is 4.79 Å². The number of ether oxygens (including phenoxy) is 4. The molecule has 0 unspecified atom stereocenters. The lowest BCUT2D eigenvalue weighted by atomic mass is 10.1. The Morgan fingerprint density at radius 1 is 0.838 bits per heavy atom. The number of benzene rings is 3. The number of carbonyl (C=O) groups is 1. The lowest BCUT2D eigenvalue weighted by Gasteiger charge is -2.34. The van der Waals surface area contributed by atoms with Crippen molar-refractivity contribution in [2.24, 2.45) is 0 Å². The van der Waals surface area contributed by atoms with Crippen LogP contribution in [0.2, 0.25) is 0 Å². The maximum Gasteiger partial charge on any atom is 0.255 e. The van der Waals surface area contributed by atoms with Crippen LogP contribution in [0.3, 0.4) is 0 Å². The highest BCUT2D eigenvalue weighted by atomic mass is 32.1. The van der Waals surface area contributed by atoms with Crippen LogP contribution in [0.5, 0.6) is 23.0 Å². The third-order valence-corrected chi connectivity index (χ3v) is 7.83. The summed E-state index contributed by atoms with van der Waals surface area (Å²) in [5.41, 5.74) is 3.39. The van der Waals surface area contributed by atoms with Crippen molar-refractivity contribution >= 4 is 38.3 Å². The fourth-order valence-corrected chi connectivity index (χ4v) is 5.82. The first-order valence-corrected chi connectivity index (χ1v) is 13.0. The Bertz CT molecular complexity index is 1500. The first-order valence-electron chi connectivity index (χ1n) is 12.2. The van der Waals surface area contributed by atoms with Gasteiger partial charge in [0.1, 0.15) is 0 Å². The predicted molar refractivity (Wildman–Crippen MR) is 140 cm³/mol. The number of hydrogen-bond acceptors (Lipinski definition) is 9. The van der Waals surface area contributed by atoms with Gasteiger partial charge in [-0.25, -0.2) is 4.98 Å². The van der Waals surface area contributed by atoms with Gasteiger partial charge < -0.3 is 29.2 Å². The Morgan fingerprint density at radius 3 is 2.38 bits per heavy atom. The average Bonchev–Trinajstić information content (AvgIpc) is 3.67. The van der Waals surface area contributed by atoms with E-state index in [1.165, 1.54) is 5.56 Å². The maximum atomic E-state index is 12.9. The molecule has 1 saturated heterocycles. The Hall–Kier alpha value is -4.02. The standard InChI is InChI=1S/C27H24N4O5S/c32-26(28-19-3-6-22-24(13-19)36-16-34-22)18-2-4-20-25(12-18)37-27(29-20)31-9-7-30(8-10-31)14-17-1-5-21-23(11-17)35-15-33-21/h1-6,11-13H,7-10,14-16H2,(H,28,32). The molecule has 0 atom stereocenters. The van der Waals surface area contributed by atoms with Gasteiger partial charge in [0.2, 0.25) is 13.6 Å². The predicted octanol–water partition coefficient (Wildman–Crippen LogP) is 4.33. The highest BCUT2D eigenvalue weighted by molar-refractivity contribution is 7.22. The Morgan fingerprint density at radius 2 is 1.57 bits per heavy atom. The van der Waals surface area contributed by atoms with Crippen LogP contribution >= 0.6 is 11.3 Å². The van der Waals surface area contributed by atoms with Crippen LogP contribution in [0.15, 0.2) is 54.6 Å².